The van der Waals surface area contributed by atoms with Gasteiger partial charge in [-0.3, -0.25) is 4.79 Å². The zero-order valence-electron chi connectivity index (χ0n) is 15.0. The van der Waals surface area contributed by atoms with Crippen molar-refractivity contribution in [3.63, 3.8) is 0 Å². The van der Waals surface area contributed by atoms with Crippen LogP contribution >= 0.6 is 0 Å². The lowest BCUT2D eigenvalue weighted by atomic mass is 9.98. The minimum Gasteiger partial charge on any atom is -0.410 e. The largest absolute Gasteiger partial charge is 0.410 e. The van der Waals surface area contributed by atoms with Crippen LogP contribution in [-0.2, 0) is 4.43 Å². The SMILES string of the molecule is C[Si](C)(C)O[C@H](CC(=O)c1ccc2ccccc2c1)c1ccccc1. The maximum Gasteiger partial charge on any atom is 0.184 e. The Morgan fingerprint density at radius 3 is 2.20 bits per heavy atom. The second-order valence-electron chi connectivity index (χ2n) is 7.32. The van der Waals surface area contributed by atoms with Crippen LogP contribution in [0.4, 0.5) is 0 Å². The first kappa shape index (κ1) is 17.6. The minimum atomic E-state index is -1.77. The van der Waals surface area contributed by atoms with E-state index < -0.39 is 8.32 Å². The average molecular weight is 349 g/mol. The topological polar surface area (TPSA) is 26.3 Å². The molecule has 3 rings (SSSR count). The number of hydrogen-bond acceptors (Lipinski definition) is 2. The number of Topliss-reactive ketones (excluding diaryl/α,β-unsaturated/α-hetero) is 1. The van der Waals surface area contributed by atoms with Crippen LogP contribution in [-0.4, -0.2) is 14.1 Å². The van der Waals surface area contributed by atoms with Crippen molar-refractivity contribution in [2.24, 2.45) is 0 Å². The van der Waals surface area contributed by atoms with E-state index >= 15 is 0 Å². The van der Waals surface area contributed by atoms with Crippen molar-refractivity contribution < 1.29 is 9.22 Å². The van der Waals surface area contributed by atoms with E-state index in [0.717, 1.165) is 21.9 Å². The summed E-state index contributed by atoms with van der Waals surface area (Å²) in [6, 6.07) is 24.1. The van der Waals surface area contributed by atoms with Gasteiger partial charge >= 0.3 is 0 Å². The molecule has 0 fully saturated rings. The third-order valence-corrected chi connectivity index (χ3v) is 5.10. The molecule has 0 saturated heterocycles. The first-order valence-electron chi connectivity index (χ1n) is 8.67. The number of fused-ring (bicyclic) bond motifs is 1. The summed E-state index contributed by atoms with van der Waals surface area (Å²) in [6.07, 6.45) is 0.180. The Bertz CT molecular complexity index is 866. The molecule has 0 amide bonds. The highest BCUT2D eigenvalue weighted by Crippen LogP contribution is 2.27. The summed E-state index contributed by atoms with van der Waals surface area (Å²) in [6.45, 7) is 6.47. The molecule has 0 unspecified atom stereocenters. The van der Waals surface area contributed by atoms with Gasteiger partial charge in [0.15, 0.2) is 14.1 Å². The molecule has 2 nitrogen and oxygen atoms in total. The number of ketones is 1. The highest BCUT2D eigenvalue weighted by Gasteiger charge is 2.25. The van der Waals surface area contributed by atoms with Crippen LogP contribution in [0, 0.1) is 0 Å². The molecule has 3 aromatic rings. The van der Waals surface area contributed by atoms with Crippen LogP contribution in [0.3, 0.4) is 0 Å². The molecule has 3 aromatic carbocycles. The lowest BCUT2D eigenvalue weighted by Crippen LogP contribution is -2.29. The second kappa shape index (κ2) is 7.34. The van der Waals surface area contributed by atoms with E-state index in [1.54, 1.807) is 0 Å². The van der Waals surface area contributed by atoms with Crippen LogP contribution in [0.1, 0.15) is 28.4 Å². The van der Waals surface area contributed by atoms with E-state index in [2.05, 4.69) is 25.7 Å². The van der Waals surface area contributed by atoms with Gasteiger partial charge in [-0.1, -0.05) is 66.7 Å². The van der Waals surface area contributed by atoms with Crippen molar-refractivity contribution in [1.29, 1.82) is 0 Å². The molecule has 0 aliphatic carbocycles. The van der Waals surface area contributed by atoms with Crippen LogP contribution in [0.15, 0.2) is 72.8 Å². The Morgan fingerprint density at radius 2 is 1.52 bits per heavy atom. The Morgan fingerprint density at radius 1 is 0.880 bits per heavy atom. The van der Waals surface area contributed by atoms with Crippen molar-refractivity contribution in [1.82, 2.24) is 0 Å². The van der Waals surface area contributed by atoms with Crippen LogP contribution < -0.4 is 0 Å². The van der Waals surface area contributed by atoms with E-state index in [4.69, 9.17) is 4.43 Å². The van der Waals surface area contributed by atoms with Gasteiger partial charge in [0.05, 0.1) is 6.10 Å². The number of carbonyl (C=O) groups is 1. The number of rotatable bonds is 6. The molecule has 3 heteroatoms. The summed E-state index contributed by atoms with van der Waals surface area (Å²) in [7, 11) is -1.77. The monoisotopic (exact) mass is 348 g/mol. The lowest BCUT2D eigenvalue weighted by Gasteiger charge is -2.26. The van der Waals surface area contributed by atoms with Gasteiger partial charge in [0.25, 0.3) is 0 Å². The van der Waals surface area contributed by atoms with E-state index in [-0.39, 0.29) is 11.9 Å². The van der Waals surface area contributed by atoms with Crippen molar-refractivity contribution >= 4 is 24.9 Å². The van der Waals surface area contributed by atoms with Crippen LogP contribution in [0.5, 0.6) is 0 Å². The third kappa shape index (κ3) is 4.65. The predicted molar refractivity (Wildman–Crippen MR) is 107 cm³/mol. The summed E-state index contributed by atoms with van der Waals surface area (Å²) < 4.78 is 6.32. The van der Waals surface area contributed by atoms with Gasteiger partial charge in [-0.15, -0.1) is 0 Å². The maximum absolute atomic E-state index is 12.9. The van der Waals surface area contributed by atoms with Crippen molar-refractivity contribution in [2.75, 3.05) is 0 Å². The Labute approximate surface area is 150 Å². The summed E-state index contributed by atoms with van der Waals surface area (Å²) in [4.78, 5) is 12.9. The van der Waals surface area contributed by atoms with Crippen molar-refractivity contribution in [3.8, 4) is 0 Å². The van der Waals surface area contributed by atoms with E-state index in [9.17, 15) is 4.79 Å². The average Bonchev–Trinajstić information content (AvgIpc) is 2.60. The molecule has 0 radical (unpaired) electrons. The number of benzene rings is 3. The maximum atomic E-state index is 12.9. The molecule has 0 aliphatic rings. The highest BCUT2D eigenvalue weighted by molar-refractivity contribution is 6.69. The lowest BCUT2D eigenvalue weighted by molar-refractivity contribution is 0.0900. The normalized spacial score (nSPS) is 12.9. The van der Waals surface area contributed by atoms with Gasteiger partial charge in [0, 0.05) is 12.0 Å². The molecule has 0 aromatic heterocycles. The second-order valence-corrected chi connectivity index (χ2v) is 11.8. The van der Waals surface area contributed by atoms with E-state index in [1.165, 1.54) is 0 Å². The molecule has 25 heavy (non-hydrogen) atoms. The number of carbonyl (C=O) groups excluding carboxylic acids is 1. The fourth-order valence-electron chi connectivity index (χ4n) is 2.97. The van der Waals surface area contributed by atoms with Gasteiger partial charge < -0.3 is 4.43 Å². The standard InChI is InChI=1S/C22H24O2Si/c1-25(2,3)24-22(18-10-5-4-6-11-18)16-21(23)20-14-13-17-9-7-8-12-19(17)15-20/h4-15,22H,16H2,1-3H3/t22-/m1/s1. The third-order valence-electron chi connectivity index (χ3n) is 4.11. The van der Waals surface area contributed by atoms with Crippen molar-refractivity contribution in [3.05, 3.63) is 83.9 Å². The number of hydrogen-bond donors (Lipinski definition) is 0. The molecule has 0 saturated carbocycles. The van der Waals surface area contributed by atoms with Crippen LogP contribution in [0.2, 0.25) is 19.6 Å². The Kier molecular flexibility index (Phi) is 5.16. The molecular formula is C22H24O2Si. The van der Waals surface area contributed by atoms with Gasteiger partial charge in [0.2, 0.25) is 0 Å². The smallest absolute Gasteiger partial charge is 0.184 e. The molecule has 128 valence electrons. The molecule has 0 spiro atoms. The quantitative estimate of drug-likeness (QED) is 0.403. The van der Waals surface area contributed by atoms with Gasteiger partial charge in [-0.2, -0.15) is 0 Å². The Balaban J connectivity index is 1.86. The summed E-state index contributed by atoms with van der Waals surface area (Å²) in [5.41, 5.74) is 1.82. The van der Waals surface area contributed by atoms with Crippen molar-refractivity contribution in [2.45, 2.75) is 32.2 Å². The summed E-state index contributed by atoms with van der Waals surface area (Å²) >= 11 is 0. The zero-order chi connectivity index (χ0) is 17.9. The predicted octanol–water partition coefficient (Wildman–Crippen LogP) is 6.01. The first-order valence-corrected chi connectivity index (χ1v) is 12.1. The molecular weight excluding hydrogens is 324 g/mol. The van der Waals surface area contributed by atoms with Gasteiger partial charge in [0.1, 0.15) is 0 Å². The fourth-order valence-corrected chi connectivity index (χ4v) is 4.04. The Hall–Kier alpha value is -2.23. The van der Waals surface area contributed by atoms with Gasteiger partial charge in [-0.25, -0.2) is 0 Å². The summed E-state index contributed by atoms with van der Waals surface area (Å²) in [5, 5.41) is 2.24. The molecule has 0 N–H and O–H groups in total. The van der Waals surface area contributed by atoms with Crippen LogP contribution in [0.25, 0.3) is 10.8 Å². The van der Waals surface area contributed by atoms with E-state index in [0.29, 0.717) is 6.42 Å². The minimum absolute atomic E-state index is 0.123. The first-order chi connectivity index (χ1) is 11.9. The zero-order valence-corrected chi connectivity index (χ0v) is 16.0. The molecule has 0 heterocycles. The molecule has 0 aliphatic heterocycles. The summed E-state index contributed by atoms with van der Waals surface area (Å²) in [5.74, 6) is 0.123. The molecule has 0 bridgehead atoms. The fraction of sp³-hybridized carbons (Fsp3) is 0.227. The van der Waals surface area contributed by atoms with E-state index in [1.807, 2.05) is 66.7 Å². The molecule has 1 atom stereocenters. The highest BCUT2D eigenvalue weighted by atomic mass is 28.4. The van der Waals surface area contributed by atoms with Gasteiger partial charge in [-0.05, 0) is 42.0 Å².